The summed E-state index contributed by atoms with van der Waals surface area (Å²) in [6.07, 6.45) is 2.07. The van der Waals surface area contributed by atoms with Gasteiger partial charge in [-0.1, -0.05) is 66.2 Å². The summed E-state index contributed by atoms with van der Waals surface area (Å²) >= 11 is 6.02. The average molecular weight is 362 g/mol. The SMILES string of the molecule is Cc1ccccc1C1=NC(c2ccc(-c3ccc(O)c(Cl)c3)cc2)CC1. The van der Waals surface area contributed by atoms with E-state index in [2.05, 4.69) is 55.5 Å². The van der Waals surface area contributed by atoms with Gasteiger partial charge in [-0.2, -0.15) is 0 Å². The molecule has 3 aromatic carbocycles. The van der Waals surface area contributed by atoms with E-state index in [0.717, 1.165) is 24.0 Å². The van der Waals surface area contributed by atoms with Crippen molar-refractivity contribution in [3.8, 4) is 16.9 Å². The number of phenolic OH excluding ortho intramolecular Hbond substituents is 1. The van der Waals surface area contributed by atoms with E-state index in [1.54, 1.807) is 12.1 Å². The second-order valence-electron chi connectivity index (χ2n) is 6.73. The van der Waals surface area contributed by atoms with Gasteiger partial charge >= 0.3 is 0 Å². The van der Waals surface area contributed by atoms with Crippen molar-refractivity contribution in [2.24, 2.45) is 4.99 Å². The Hall–Kier alpha value is -2.58. The molecule has 0 aliphatic carbocycles. The summed E-state index contributed by atoms with van der Waals surface area (Å²) in [5.41, 5.74) is 7.08. The summed E-state index contributed by atoms with van der Waals surface area (Å²) in [7, 11) is 0. The van der Waals surface area contributed by atoms with Crippen LogP contribution in [0.5, 0.6) is 5.75 Å². The Balaban J connectivity index is 1.58. The molecule has 2 nitrogen and oxygen atoms in total. The molecule has 3 heteroatoms. The maximum Gasteiger partial charge on any atom is 0.134 e. The fourth-order valence-corrected chi connectivity index (χ4v) is 3.70. The fraction of sp³-hybridized carbons (Fsp3) is 0.174. The van der Waals surface area contributed by atoms with Crippen LogP contribution in [0.25, 0.3) is 11.1 Å². The first-order valence-corrected chi connectivity index (χ1v) is 9.21. The van der Waals surface area contributed by atoms with Gasteiger partial charge in [-0.3, -0.25) is 4.99 Å². The molecule has 26 heavy (non-hydrogen) atoms. The number of halogens is 1. The van der Waals surface area contributed by atoms with Crippen LogP contribution in [0, 0.1) is 6.92 Å². The Morgan fingerprint density at radius 1 is 0.962 bits per heavy atom. The number of benzene rings is 3. The minimum atomic E-state index is 0.107. The molecule has 0 saturated carbocycles. The van der Waals surface area contributed by atoms with Crippen LogP contribution in [0.3, 0.4) is 0 Å². The van der Waals surface area contributed by atoms with Crippen LogP contribution < -0.4 is 0 Å². The van der Waals surface area contributed by atoms with Crippen LogP contribution in [0.15, 0.2) is 71.7 Å². The third kappa shape index (κ3) is 3.25. The third-order valence-corrected chi connectivity index (χ3v) is 5.30. The number of hydrogen-bond acceptors (Lipinski definition) is 2. The van der Waals surface area contributed by atoms with Gasteiger partial charge in [0.2, 0.25) is 0 Å². The van der Waals surface area contributed by atoms with Crippen LogP contribution in [0.4, 0.5) is 0 Å². The lowest BCUT2D eigenvalue weighted by Crippen LogP contribution is -1.98. The minimum absolute atomic E-state index is 0.107. The van der Waals surface area contributed by atoms with Crippen molar-refractivity contribution in [2.45, 2.75) is 25.8 Å². The first-order chi connectivity index (χ1) is 12.6. The first kappa shape index (κ1) is 16.9. The Morgan fingerprint density at radius 3 is 2.42 bits per heavy atom. The molecular formula is C23H20ClNO. The maximum absolute atomic E-state index is 9.57. The van der Waals surface area contributed by atoms with Crippen molar-refractivity contribution in [1.82, 2.24) is 0 Å². The molecule has 0 aromatic heterocycles. The Labute approximate surface area is 158 Å². The van der Waals surface area contributed by atoms with E-state index in [0.29, 0.717) is 5.02 Å². The molecular weight excluding hydrogens is 342 g/mol. The van der Waals surface area contributed by atoms with Gasteiger partial charge in [-0.15, -0.1) is 0 Å². The number of nitrogens with zero attached hydrogens (tertiary/aromatic N) is 1. The lowest BCUT2D eigenvalue weighted by Gasteiger charge is -2.09. The molecule has 3 aromatic rings. The van der Waals surface area contributed by atoms with Gasteiger partial charge in [0.15, 0.2) is 0 Å². The molecule has 0 radical (unpaired) electrons. The van der Waals surface area contributed by atoms with Crippen LogP contribution >= 0.6 is 11.6 Å². The monoisotopic (exact) mass is 361 g/mol. The van der Waals surface area contributed by atoms with E-state index < -0.39 is 0 Å². The molecule has 4 rings (SSSR count). The standard InChI is InChI=1S/C23H20ClNO/c1-15-4-2-3-5-19(15)22-12-11-21(25-22)17-8-6-16(7-9-17)18-10-13-23(26)20(24)14-18/h2-10,13-14,21,26H,11-12H2,1H3. The molecule has 130 valence electrons. The van der Waals surface area contributed by atoms with Crippen LogP contribution in [0.2, 0.25) is 5.02 Å². The van der Waals surface area contributed by atoms with Crippen LogP contribution in [0.1, 0.15) is 35.6 Å². The smallest absolute Gasteiger partial charge is 0.134 e. The summed E-state index contributed by atoms with van der Waals surface area (Å²) in [6.45, 7) is 2.14. The highest BCUT2D eigenvalue weighted by molar-refractivity contribution is 6.32. The molecule has 0 fully saturated rings. The van der Waals surface area contributed by atoms with E-state index in [9.17, 15) is 5.11 Å². The minimum Gasteiger partial charge on any atom is -0.506 e. The van der Waals surface area contributed by atoms with Gasteiger partial charge in [0.25, 0.3) is 0 Å². The molecule has 0 bridgehead atoms. The zero-order valence-corrected chi connectivity index (χ0v) is 15.4. The second-order valence-corrected chi connectivity index (χ2v) is 7.14. The molecule has 1 unspecified atom stereocenters. The fourth-order valence-electron chi connectivity index (χ4n) is 3.52. The maximum atomic E-state index is 9.57. The molecule has 0 spiro atoms. The summed E-state index contributed by atoms with van der Waals surface area (Å²) in [4.78, 5) is 4.98. The summed E-state index contributed by atoms with van der Waals surface area (Å²) in [5, 5.41) is 9.94. The van der Waals surface area contributed by atoms with Crippen molar-refractivity contribution in [1.29, 1.82) is 0 Å². The van der Waals surface area contributed by atoms with Gasteiger partial charge in [0.1, 0.15) is 5.75 Å². The molecule has 1 N–H and O–H groups in total. The molecule has 1 aliphatic heterocycles. The molecule has 1 heterocycles. The zero-order valence-electron chi connectivity index (χ0n) is 14.6. The zero-order chi connectivity index (χ0) is 18.1. The number of rotatable bonds is 3. The molecule has 1 aliphatic rings. The van der Waals surface area contributed by atoms with Crippen molar-refractivity contribution in [2.75, 3.05) is 0 Å². The first-order valence-electron chi connectivity index (χ1n) is 8.83. The normalized spacial score (nSPS) is 16.5. The van der Waals surface area contributed by atoms with Gasteiger partial charge in [0, 0.05) is 5.71 Å². The number of phenols is 1. The molecule has 0 saturated heterocycles. The Bertz CT molecular complexity index is 976. The van der Waals surface area contributed by atoms with Gasteiger partial charge in [0.05, 0.1) is 11.1 Å². The number of aromatic hydroxyl groups is 1. The molecule has 1 atom stereocenters. The largest absolute Gasteiger partial charge is 0.506 e. The summed E-state index contributed by atoms with van der Waals surface area (Å²) in [6, 6.07) is 22.4. The van der Waals surface area contributed by atoms with Crippen LogP contribution in [-0.2, 0) is 0 Å². The summed E-state index contributed by atoms with van der Waals surface area (Å²) in [5.74, 6) is 0.107. The van der Waals surface area contributed by atoms with Crippen molar-refractivity contribution in [3.63, 3.8) is 0 Å². The van der Waals surface area contributed by atoms with Gasteiger partial charge in [-0.05, 0) is 59.7 Å². The van der Waals surface area contributed by atoms with E-state index in [-0.39, 0.29) is 11.8 Å². The van der Waals surface area contributed by atoms with E-state index in [1.165, 1.54) is 22.4 Å². The van der Waals surface area contributed by atoms with Gasteiger partial charge in [-0.25, -0.2) is 0 Å². The second kappa shape index (κ2) is 6.97. The predicted octanol–water partition coefficient (Wildman–Crippen LogP) is 6.35. The number of hydrogen-bond donors (Lipinski definition) is 1. The number of aliphatic imine (C=N–C) groups is 1. The third-order valence-electron chi connectivity index (χ3n) is 5.00. The molecule has 0 amide bonds. The lowest BCUT2D eigenvalue weighted by atomic mass is 9.98. The predicted molar refractivity (Wildman–Crippen MR) is 108 cm³/mol. The van der Waals surface area contributed by atoms with Crippen LogP contribution in [-0.4, -0.2) is 10.8 Å². The Morgan fingerprint density at radius 2 is 1.69 bits per heavy atom. The van der Waals surface area contributed by atoms with E-state index >= 15 is 0 Å². The van der Waals surface area contributed by atoms with Crippen molar-refractivity contribution < 1.29 is 5.11 Å². The number of aryl methyl sites for hydroxylation is 1. The van der Waals surface area contributed by atoms with Crippen molar-refractivity contribution >= 4 is 17.3 Å². The van der Waals surface area contributed by atoms with E-state index in [4.69, 9.17) is 16.6 Å². The van der Waals surface area contributed by atoms with E-state index in [1.807, 2.05) is 6.07 Å². The highest BCUT2D eigenvalue weighted by Crippen LogP contribution is 2.34. The topological polar surface area (TPSA) is 32.6 Å². The summed E-state index contributed by atoms with van der Waals surface area (Å²) < 4.78 is 0. The highest BCUT2D eigenvalue weighted by atomic mass is 35.5. The quantitative estimate of drug-likeness (QED) is 0.579. The van der Waals surface area contributed by atoms with Gasteiger partial charge < -0.3 is 5.11 Å². The Kier molecular flexibility index (Phi) is 4.52. The lowest BCUT2D eigenvalue weighted by molar-refractivity contribution is 0.475. The highest BCUT2D eigenvalue weighted by Gasteiger charge is 2.21. The average Bonchev–Trinajstić information content (AvgIpc) is 3.14. The van der Waals surface area contributed by atoms with Crippen molar-refractivity contribution in [3.05, 3.63) is 88.4 Å².